The van der Waals surface area contributed by atoms with Crippen LogP contribution in [-0.4, -0.2) is 38.7 Å². The van der Waals surface area contributed by atoms with E-state index in [2.05, 4.69) is 26.6 Å². The van der Waals surface area contributed by atoms with Crippen molar-refractivity contribution in [3.05, 3.63) is 58.1 Å². The summed E-state index contributed by atoms with van der Waals surface area (Å²) in [7, 11) is 1.63. The van der Waals surface area contributed by atoms with E-state index in [1.165, 1.54) is 0 Å². The zero-order chi connectivity index (χ0) is 19.6. The molecule has 0 fully saturated rings. The molecule has 2 aromatic carbocycles. The molecule has 0 spiro atoms. The number of ether oxygens (including phenoxy) is 2. The number of methoxy groups -OCH3 is 1. The number of hydrogen-bond donors (Lipinski definition) is 2. The van der Waals surface area contributed by atoms with Gasteiger partial charge in [0, 0.05) is 37.1 Å². The van der Waals surface area contributed by atoms with Crippen LogP contribution in [0.1, 0.15) is 34.1 Å². The molecule has 2 rings (SSSR count). The second-order valence-electron chi connectivity index (χ2n) is 5.71. The van der Waals surface area contributed by atoms with Crippen LogP contribution in [0.4, 0.5) is 5.69 Å². The highest BCUT2D eigenvalue weighted by atomic mass is 79.9. The van der Waals surface area contributed by atoms with Crippen molar-refractivity contribution in [2.45, 2.75) is 13.3 Å². The summed E-state index contributed by atoms with van der Waals surface area (Å²) in [5.41, 5.74) is 1.65. The lowest BCUT2D eigenvalue weighted by Gasteiger charge is -2.09. The minimum atomic E-state index is -0.240. The SMILES string of the molecule is CCOc1ccc(C(=O)Nc2ccc(C(=O)NCCCOC)cc2)cc1Br. The van der Waals surface area contributed by atoms with E-state index >= 15 is 0 Å². The standard InChI is InChI=1S/C20H23BrN2O4/c1-3-27-18-10-7-15(13-17(18)21)20(25)23-16-8-5-14(6-9-16)19(24)22-11-4-12-26-2/h5-10,13H,3-4,11-12H2,1-2H3,(H,22,24)(H,23,25). The fourth-order valence-electron chi connectivity index (χ4n) is 2.34. The van der Waals surface area contributed by atoms with Crippen molar-refractivity contribution in [1.29, 1.82) is 0 Å². The molecule has 7 heteroatoms. The van der Waals surface area contributed by atoms with Crippen molar-refractivity contribution >= 4 is 33.4 Å². The second-order valence-corrected chi connectivity index (χ2v) is 6.57. The monoisotopic (exact) mass is 434 g/mol. The smallest absolute Gasteiger partial charge is 0.255 e. The van der Waals surface area contributed by atoms with E-state index in [0.717, 1.165) is 10.9 Å². The van der Waals surface area contributed by atoms with E-state index in [-0.39, 0.29) is 11.8 Å². The van der Waals surface area contributed by atoms with Gasteiger partial charge in [0.15, 0.2) is 0 Å². The predicted octanol–water partition coefficient (Wildman–Crippen LogP) is 3.87. The summed E-state index contributed by atoms with van der Waals surface area (Å²) in [6.45, 7) is 3.61. The maximum absolute atomic E-state index is 12.4. The van der Waals surface area contributed by atoms with Gasteiger partial charge in [-0.25, -0.2) is 0 Å². The molecule has 0 aliphatic carbocycles. The van der Waals surface area contributed by atoms with Crippen LogP contribution in [0.15, 0.2) is 46.9 Å². The van der Waals surface area contributed by atoms with Crippen LogP contribution in [0.25, 0.3) is 0 Å². The topological polar surface area (TPSA) is 76.7 Å². The van der Waals surface area contributed by atoms with Crippen LogP contribution in [0, 0.1) is 0 Å². The molecular formula is C20H23BrN2O4. The van der Waals surface area contributed by atoms with Crippen molar-refractivity contribution in [2.24, 2.45) is 0 Å². The molecule has 2 amide bonds. The molecule has 27 heavy (non-hydrogen) atoms. The molecule has 0 saturated carbocycles. The summed E-state index contributed by atoms with van der Waals surface area (Å²) >= 11 is 3.40. The number of halogens is 1. The van der Waals surface area contributed by atoms with Crippen molar-refractivity contribution in [3.63, 3.8) is 0 Å². The molecule has 0 atom stereocenters. The van der Waals surface area contributed by atoms with Crippen LogP contribution >= 0.6 is 15.9 Å². The van der Waals surface area contributed by atoms with Crippen LogP contribution in [0.5, 0.6) is 5.75 Å². The van der Waals surface area contributed by atoms with Gasteiger partial charge in [-0.2, -0.15) is 0 Å². The van der Waals surface area contributed by atoms with Crippen LogP contribution in [-0.2, 0) is 4.74 Å². The van der Waals surface area contributed by atoms with Gasteiger partial charge in [-0.3, -0.25) is 9.59 Å². The van der Waals surface area contributed by atoms with Crippen molar-refractivity contribution in [2.75, 3.05) is 32.2 Å². The third-order valence-electron chi connectivity index (χ3n) is 3.71. The molecule has 0 aliphatic rings. The number of carbonyl (C=O) groups excluding carboxylic acids is 2. The summed E-state index contributed by atoms with van der Waals surface area (Å²) in [5, 5.41) is 5.63. The lowest BCUT2D eigenvalue weighted by atomic mass is 10.1. The quantitative estimate of drug-likeness (QED) is 0.587. The molecule has 0 radical (unpaired) electrons. The van der Waals surface area contributed by atoms with E-state index in [0.29, 0.717) is 42.3 Å². The zero-order valence-corrected chi connectivity index (χ0v) is 17.0. The largest absolute Gasteiger partial charge is 0.493 e. The molecule has 0 aliphatic heterocycles. The fraction of sp³-hybridized carbons (Fsp3) is 0.300. The Hall–Kier alpha value is -2.38. The molecular weight excluding hydrogens is 412 g/mol. The van der Waals surface area contributed by atoms with Gasteiger partial charge in [-0.1, -0.05) is 0 Å². The Bertz CT molecular complexity index is 778. The maximum Gasteiger partial charge on any atom is 0.255 e. The summed E-state index contributed by atoms with van der Waals surface area (Å²) < 4.78 is 11.1. The first-order valence-electron chi connectivity index (χ1n) is 8.66. The number of nitrogens with one attached hydrogen (secondary N) is 2. The Morgan fingerprint density at radius 2 is 1.74 bits per heavy atom. The molecule has 144 valence electrons. The van der Waals surface area contributed by atoms with E-state index in [4.69, 9.17) is 9.47 Å². The maximum atomic E-state index is 12.4. The molecule has 0 heterocycles. The Morgan fingerprint density at radius 1 is 1.04 bits per heavy atom. The molecule has 0 saturated heterocycles. The highest BCUT2D eigenvalue weighted by Gasteiger charge is 2.10. The van der Waals surface area contributed by atoms with Crippen molar-refractivity contribution in [3.8, 4) is 5.75 Å². The second kappa shape index (κ2) is 10.7. The number of amides is 2. The van der Waals surface area contributed by atoms with Gasteiger partial charge in [0.25, 0.3) is 11.8 Å². The lowest BCUT2D eigenvalue weighted by Crippen LogP contribution is -2.25. The number of rotatable bonds is 9. The third kappa shape index (κ3) is 6.37. The van der Waals surface area contributed by atoms with Crippen LogP contribution < -0.4 is 15.4 Å². The number of anilines is 1. The van der Waals surface area contributed by atoms with E-state index in [9.17, 15) is 9.59 Å². The highest BCUT2D eigenvalue weighted by Crippen LogP contribution is 2.26. The average molecular weight is 435 g/mol. The van der Waals surface area contributed by atoms with Crippen molar-refractivity contribution in [1.82, 2.24) is 5.32 Å². The Labute approximate surface area is 167 Å². The molecule has 0 bridgehead atoms. The van der Waals surface area contributed by atoms with E-state index in [1.54, 1.807) is 49.6 Å². The highest BCUT2D eigenvalue weighted by molar-refractivity contribution is 9.10. The molecule has 0 unspecified atom stereocenters. The van der Waals surface area contributed by atoms with E-state index in [1.807, 2.05) is 6.92 Å². The minimum Gasteiger partial charge on any atom is -0.493 e. The minimum absolute atomic E-state index is 0.153. The average Bonchev–Trinajstić information content (AvgIpc) is 2.67. The fourth-order valence-corrected chi connectivity index (χ4v) is 2.84. The Morgan fingerprint density at radius 3 is 2.37 bits per heavy atom. The van der Waals surface area contributed by atoms with Gasteiger partial charge in [-0.15, -0.1) is 0 Å². The number of benzene rings is 2. The van der Waals surface area contributed by atoms with Crippen molar-refractivity contribution < 1.29 is 19.1 Å². The first kappa shape index (κ1) is 20.9. The third-order valence-corrected chi connectivity index (χ3v) is 4.33. The molecule has 2 aromatic rings. The summed E-state index contributed by atoms with van der Waals surface area (Å²) in [4.78, 5) is 24.4. The zero-order valence-electron chi connectivity index (χ0n) is 15.4. The molecule has 0 aromatic heterocycles. The summed E-state index contributed by atoms with van der Waals surface area (Å²) in [6, 6.07) is 11.9. The first-order chi connectivity index (χ1) is 13.0. The lowest BCUT2D eigenvalue weighted by molar-refractivity contribution is 0.0948. The predicted molar refractivity (Wildman–Crippen MR) is 109 cm³/mol. The Balaban J connectivity index is 1.94. The van der Waals surface area contributed by atoms with Gasteiger partial charge in [-0.05, 0) is 71.7 Å². The number of carbonyl (C=O) groups is 2. The number of hydrogen-bond acceptors (Lipinski definition) is 4. The van der Waals surface area contributed by atoms with Crippen LogP contribution in [0.3, 0.4) is 0 Å². The summed E-state index contributed by atoms with van der Waals surface area (Å²) in [5.74, 6) is 0.296. The van der Waals surface area contributed by atoms with Crippen LogP contribution in [0.2, 0.25) is 0 Å². The van der Waals surface area contributed by atoms with Gasteiger partial charge >= 0.3 is 0 Å². The first-order valence-corrected chi connectivity index (χ1v) is 9.45. The van der Waals surface area contributed by atoms with Gasteiger partial charge in [0.1, 0.15) is 5.75 Å². The van der Waals surface area contributed by atoms with E-state index < -0.39 is 0 Å². The van der Waals surface area contributed by atoms with Gasteiger partial charge in [0.2, 0.25) is 0 Å². The van der Waals surface area contributed by atoms with Gasteiger partial charge < -0.3 is 20.1 Å². The molecule has 6 nitrogen and oxygen atoms in total. The normalized spacial score (nSPS) is 10.3. The summed E-state index contributed by atoms with van der Waals surface area (Å²) in [6.07, 6.45) is 0.758. The Kier molecular flexibility index (Phi) is 8.29. The molecule has 2 N–H and O–H groups in total. The van der Waals surface area contributed by atoms with Gasteiger partial charge in [0.05, 0.1) is 11.1 Å².